The standard InChI is InChI=1S/C15H21NO4/c1-4-15(5-2)13(17)9-14(15)20-11-6-7-12(16(18)19)10(3)8-11/h6-8,13-14,17H,4-5,9H2,1-3H3. The van der Waals surface area contributed by atoms with Crippen LogP contribution < -0.4 is 4.74 Å². The molecular formula is C15H21NO4. The van der Waals surface area contributed by atoms with Crippen LogP contribution in [0, 0.1) is 22.5 Å². The third-order valence-electron chi connectivity index (χ3n) is 4.70. The number of aryl methyl sites for hydroxylation is 1. The molecule has 1 aromatic carbocycles. The van der Waals surface area contributed by atoms with Gasteiger partial charge >= 0.3 is 0 Å². The topological polar surface area (TPSA) is 72.6 Å². The summed E-state index contributed by atoms with van der Waals surface area (Å²) in [7, 11) is 0. The third kappa shape index (κ3) is 2.26. The lowest BCUT2D eigenvalue weighted by molar-refractivity contribution is -0.385. The van der Waals surface area contributed by atoms with Gasteiger partial charge in [0.15, 0.2) is 0 Å². The number of benzene rings is 1. The first-order chi connectivity index (χ1) is 9.44. The van der Waals surface area contributed by atoms with E-state index >= 15 is 0 Å². The minimum Gasteiger partial charge on any atom is -0.490 e. The zero-order valence-corrected chi connectivity index (χ0v) is 12.1. The molecule has 5 heteroatoms. The molecule has 0 radical (unpaired) electrons. The second-order valence-electron chi connectivity index (χ2n) is 5.50. The van der Waals surface area contributed by atoms with Crippen LogP contribution in [0.1, 0.15) is 38.7 Å². The highest BCUT2D eigenvalue weighted by molar-refractivity contribution is 5.44. The van der Waals surface area contributed by atoms with Crippen molar-refractivity contribution in [2.24, 2.45) is 5.41 Å². The van der Waals surface area contributed by atoms with Crippen molar-refractivity contribution in [3.05, 3.63) is 33.9 Å². The number of nitro benzene ring substituents is 1. The van der Waals surface area contributed by atoms with E-state index in [1.165, 1.54) is 6.07 Å². The van der Waals surface area contributed by atoms with Crippen LogP contribution in [0.3, 0.4) is 0 Å². The monoisotopic (exact) mass is 279 g/mol. The van der Waals surface area contributed by atoms with Crippen molar-refractivity contribution in [3.63, 3.8) is 0 Å². The zero-order chi connectivity index (χ0) is 14.9. The van der Waals surface area contributed by atoms with Crippen molar-refractivity contribution in [1.29, 1.82) is 0 Å². The Bertz CT molecular complexity index is 511. The average molecular weight is 279 g/mol. The number of hydrogen-bond acceptors (Lipinski definition) is 4. The maximum absolute atomic E-state index is 10.8. The molecule has 1 saturated carbocycles. The predicted molar refractivity (Wildman–Crippen MR) is 75.9 cm³/mol. The van der Waals surface area contributed by atoms with Crippen LogP contribution in [0.15, 0.2) is 18.2 Å². The molecule has 0 spiro atoms. The molecule has 0 aromatic heterocycles. The summed E-state index contributed by atoms with van der Waals surface area (Å²) in [5.74, 6) is 0.635. The third-order valence-corrected chi connectivity index (χ3v) is 4.70. The number of rotatable bonds is 5. The van der Waals surface area contributed by atoms with Gasteiger partial charge in [0.05, 0.1) is 11.0 Å². The van der Waals surface area contributed by atoms with Crippen molar-refractivity contribution in [2.45, 2.75) is 52.2 Å². The van der Waals surface area contributed by atoms with Gasteiger partial charge in [0.25, 0.3) is 5.69 Å². The van der Waals surface area contributed by atoms with E-state index in [1.54, 1.807) is 19.1 Å². The quantitative estimate of drug-likeness (QED) is 0.663. The summed E-state index contributed by atoms with van der Waals surface area (Å²) in [6.45, 7) is 5.82. The molecule has 1 fully saturated rings. The number of nitrogens with zero attached hydrogens (tertiary/aromatic N) is 1. The van der Waals surface area contributed by atoms with Crippen LogP contribution in [0.2, 0.25) is 0 Å². The molecule has 2 unspecified atom stereocenters. The van der Waals surface area contributed by atoms with E-state index < -0.39 is 4.92 Å². The molecular weight excluding hydrogens is 258 g/mol. The van der Waals surface area contributed by atoms with Crippen LogP contribution in [-0.2, 0) is 0 Å². The van der Waals surface area contributed by atoms with Crippen LogP contribution in [0.25, 0.3) is 0 Å². The molecule has 0 amide bonds. The van der Waals surface area contributed by atoms with E-state index in [1.807, 2.05) is 0 Å². The van der Waals surface area contributed by atoms with Gasteiger partial charge in [0, 0.05) is 23.5 Å². The summed E-state index contributed by atoms with van der Waals surface area (Å²) in [6, 6.07) is 4.80. The number of hydrogen-bond donors (Lipinski definition) is 1. The van der Waals surface area contributed by atoms with E-state index in [4.69, 9.17) is 4.74 Å². The van der Waals surface area contributed by atoms with E-state index in [0.717, 1.165) is 12.8 Å². The second kappa shape index (κ2) is 5.40. The Morgan fingerprint density at radius 3 is 2.55 bits per heavy atom. The lowest BCUT2D eigenvalue weighted by Gasteiger charge is -2.52. The van der Waals surface area contributed by atoms with Crippen molar-refractivity contribution in [3.8, 4) is 5.75 Å². The molecule has 2 rings (SSSR count). The van der Waals surface area contributed by atoms with Crippen molar-refractivity contribution < 1.29 is 14.8 Å². The molecule has 0 bridgehead atoms. The highest BCUT2D eigenvalue weighted by Crippen LogP contribution is 2.49. The lowest BCUT2D eigenvalue weighted by atomic mass is 9.60. The first-order valence-electron chi connectivity index (χ1n) is 7.04. The van der Waals surface area contributed by atoms with Crippen LogP contribution >= 0.6 is 0 Å². The minimum absolute atomic E-state index is 0.0200. The number of ether oxygens (including phenoxy) is 1. The zero-order valence-electron chi connectivity index (χ0n) is 12.1. The average Bonchev–Trinajstić information content (AvgIpc) is 2.39. The molecule has 20 heavy (non-hydrogen) atoms. The smallest absolute Gasteiger partial charge is 0.272 e. The van der Waals surface area contributed by atoms with Crippen molar-refractivity contribution >= 4 is 5.69 Å². The SMILES string of the molecule is CCC1(CC)C(O)CC1Oc1ccc([N+](=O)[O-])c(C)c1. The van der Waals surface area contributed by atoms with Crippen LogP contribution in [0.5, 0.6) is 5.75 Å². The van der Waals surface area contributed by atoms with E-state index in [2.05, 4.69) is 13.8 Å². The summed E-state index contributed by atoms with van der Waals surface area (Å²) in [5, 5.41) is 20.8. The Morgan fingerprint density at radius 2 is 2.10 bits per heavy atom. The number of aliphatic hydroxyl groups is 1. The number of nitro groups is 1. The minimum atomic E-state index is -0.394. The molecule has 1 aromatic rings. The fourth-order valence-electron chi connectivity index (χ4n) is 3.14. The largest absolute Gasteiger partial charge is 0.490 e. The van der Waals surface area contributed by atoms with Gasteiger partial charge in [-0.25, -0.2) is 0 Å². The molecule has 1 N–H and O–H groups in total. The first kappa shape index (κ1) is 14.8. The molecule has 0 aliphatic heterocycles. The lowest BCUT2D eigenvalue weighted by Crippen LogP contribution is -2.59. The predicted octanol–water partition coefficient (Wildman–Crippen LogP) is 3.22. The summed E-state index contributed by atoms with van der Waals surface area (Å²) >= 11 is 0. The molecule has 5 nitrogen and oxygen atoms in total. The second-order valence-corrected chi connectivity index (χ2v) is 5.50. The van der Waals surface area contributed by atoms with Gasteiger partial charge in [-0.05, 0) is 31.9 Å². The van der Waals surface area contributed by atoms with Gasteiger partial charge < -0.3 is 9.84 Å². The Labute approximate surface area is 118 Å². The van der Waals surface area contributed by atoms with Crippen LogP contribution in [-0.4, -0.2) is 22.2 Å². The molecule has 110 valence electrons. The normalized spacial score (nSPS) is 24.0. The Morgan fingerprint density at radius 1 is 1.45 bits per heavy atom. The van der Waals surface area contributed by atoms with Gasteiger partial charge in [-0.1, -0.05) is 13.8 Å². The maximum atomic E-state index is 10.8. The van der Waals surface area contributed by atoms with Gasteiger partial charge in [0.2, 0.25) is 0 Å². The summed E-state index contributed by atoms with van der Waals surface area (Å²) < 4.78 is 5.95. The summed E-state index contributed by atoms with van der Waals surface area (Å²) in [6.07, 6.45) is 2.01. The summed E-state index contributed by atoms with van der Waals surface area (Å²) in [5.41, 5.74) is 0.504. The fourth-order valence-corrected chi connectivity index (χ4v) is 3.14. The first-order valence-corrected chi connectivity index (χ1v) is 7.04. The molecule has 1 aliphatic rings. The Kier molecular flexibility index (Phi) is 3.99. The van der Waals surface area contributed by atoms with E-state index in [0.29, 0.717) is 17.7 Å². The summed E-state index contributed by atoms with van der Waals surface area (Å²) in [4.78, 5) is 10.4. The van der Waals surface area contributed by atoms with Crippen LogP contribution in [0.4, 0.5) is 5.69 Å². The number of aliphatic hydroxyl groups excluding tert-OH is 1. The van der Waals surface area contributed by atoms with E-state index in [9.17, 15) is 15.2 Å². The van der Waals surface area contributed by atoms with E-state index in [-0.39, 0.29) is 23.3 Å². The Hall–Kier alpha value is -1.62. The van der Waals surface area contributed by atoms with Gasteiger partial charge in [-0.2, -0.15) is 0 Å². The van der Waals surface area contributed by atoms with Crippen molar-refractivity contribution in [1.82, 2.24) is 0 Å². The Balaban J connectivity index is 2.15. The highest BCUT2D eigenvalue weighted by atomic mass is 16.6. The van der Waals surface area contributed by atoms with Gasteiger partial charge in [-0.15, -0.1) is 0 Å². The molecule has 0 heterocycles. The maximum Gasteiger partial charge on any atom is 0.272 e. The molecule has 2 atom stereocenters. The van der Waals surface area contributed by atoms with Crippen molar-refractivity contribution in [2.75, 3.05) is 0 Å². The molecule has 0 saturated heterocycles. The fraction of sp³-hybridized carbons (Fsp3) is 0.600. The highest BCUT2D eigenvalue weighted by Gasteiger charge is 2.53. The van der Waals surface area contributed by atoms with Gasteiger partial charge in [0.1, 0.15) is 11.9 Å². The molecule has 1 aliphatic carbocycles. The van der Waals surface area contributed by atoms with Gasteiger partial charge in [-0.3, -0.25) is 10.1 Å².